The van der Waals surface area contributed by atoms with Crippen LogP contribution in [0.2, 0.25) is 0 Å². The van der Waals surface area contributed by atoms with E-state index in [0.717, 1.165) is 25.1 Å². The van der Waals surface area contributed by atoms with Crippen LogP contribution in [-0.2, 0) is 11.3 Å². The maximum atomic E-state index is 12.6. The fourth-order valence-electron chi connectivity index (χ4n) is 3.58. The molecule has 0 spiro atoms. The van der Waals surface area contributed by atoms with Crippen molar-refractivity contribution in [2.75, 3.05) is 20.1 Å². The van der Waals surface area contributed by atoms with Gasteiger partial charge < -0.3 is 15.5 Å². The van der Waals surface area contributed by atoms with E-state index in [4.69, 9.17) is 0 Å². The van der Waals surface area contributed by atoms with Gasteiger partial charge in [-0.1, -0.05) is 78.9 Å². The lowest BCUT2D eigenvalue weighted by molar-refractivity contribution is -0.121. The summed E-state index contributed by atoms with van der Waals surface area (Å²) >= 11 is 0. The summed E-state index contributed by atoms with van der Waals surface area (Å²) in [5, 5.41) is 6.01. The highest BCUT2D eigenvalue weighted by atomic mass is 16.2. The Kier molecular flexibility index (Phi) is 9.02. The second-order valence-corrected chi connectivity index (χ2v) is 7.93. The van der Waals surface area contributed by atoms with Crippen LogP contribution < -0.4 is 10.6 Å². The lowest BCUT2D eigenvalue weighted by atomic mass is 10.0. The molecular weight excluding hydrogens is 398 g/mol. The van der Waals surface area contributed by atoms with E-state index in [1.54, 1.807) is 12.1 Å². The summed E-state index contributed by atoms with van der Waals surface area (Å²) in [4.78, 5) is 27.5. The molecule has 1 atom stereocenters. The summed E-state index contributed by atoms with van der Waals surface area (Å²) in [6.45, 7) is 2.38. The number of carbonyl (C=O) groups excluding carboxylic acids is 2. The van der Waals surface area contributed by atoms with E-state index in [0.29, 0.717) is 12.1 Å². The van der Waals surface area contributed by atoms with Gasteiger partial charge in [0.15, 0.2) is 0 Å². The van der Waals surface area contributed by atoms with Gasteiger partial charge in [0.25, 0.3) is 5.91 Å². The van der Waals surface area contributed by atoms with Crippen molar-refractivity contribution < 1.29 is 9.59 Å². The number of hydrogen-bond acceptors (Lipinski definition) is 3. The van der Waals surface area contributed by atoms with Crippen LogP contribution in [0.25, 0.3) is 0 Å². The van der Waals surface area contributed by atoms with Crippen LogP contribution in [0.4, 0.5) is 0 Å². The number of rotatable bonds is 11. The molecule has 0 unspecified atom stereocenters. The Bertz CT molecular complexity index is 962. The highest BCUT2D eigenvalue weighted by molar-refractivity contribution is 5.94. The highest BCUT2D eigenvalue weighted by Gasteiger charge is 2.19. The van der Waals surface area contributed by atoms with Crippen LogP contribution in [0.15, 0.2) is 91.0 Å². The maximum absolute atomic E-state index is 12.6. The normalized spacial score (nSPS) is 11.7. The zero-order valence-electron chi connectivity index (χ0n) is 18.5. The first kappa shape index (κ1) is 23.2. The molecule has 0 saturated heterocycles. The molecule has 0 aliphatic carbocycles. The number of carbonyl (C=O) groups is 2. The Morgan fingerprint density at radius 3 is 2.09 bits per heavy atom. The zero-order chi connectivity index (χ0) is 22.6. The molecule has 0 aromatic heterocycles. The summed E-state index contributed by atoms with van der Waals surface area (Å²) in [6, 6.07) is 28.6. The van der Waals surface area contributed by atoms with Crippen molar-refractivity contribution >= 4 is 11.8 Å². The molecule has 3 aromatic rings. The summed E-state index contributed by atoms with van der Waals surface area (Å²) in [5.41, 5.74) is 2.77. The van der Waals surface area contributed by atoms with Gasteiger partial charge in [-0.2, -0.15) is 0 Å². The van der Waals surface area contributed by atoms with Crippen molar-refractivity contribution in [2.45, 2.75) is 25.4 Å². The van der Waals surface area contributed by atoms with Crippen LogP contribution >= 0.6 is 0 Å². The van der Waals surface area contributed by atoms with E-state index in [1.807, 2.05) is 66.7 Å². The molecule has 0 bridgehead atoms. The molecule has 2 N–H and O–H groups in total. The molecule has 3 aromatic carbocycles. The average molecular weight is 430 g/mol. The Hall–Kier alpha value is -3.44. The van der Waals surface area contributed by atoms with Crippen LogP contribution in [0, 0.1) is 0 Å². The third-order valence-electron chi connectivity index (χ3n) is 5.27. The van der Waals surface area contributed by atoms with E-state index in [2.05, 4.69) is 34.7 Å². The minimum absolute atomic E-state index is 0.0714. The minimum atomic E-state index is -0.385. The van der Waals surface area contributed by atoms with Crippen LogP contribution in [0.3, 0.4) is 0 Å². The van der Waals surface area contributed by atoms with Gasteiger partial charge in [0.2, 0.25) is 5.91 Å². The number of hydrogen-bond donors (Lipinski definition) is 2. The summed E-state index contributed by atoms with van der Waals surface area (Å²) < 4.78 is 0. The topological polar surface area (TPSA) is 61.4 Å². The third kappa shape index (κ3) is 7.67. The molecule has 2 amide bonds. The van der Waals surface area contributed by atoms with Crippen molar-refractivity contribution in [1.29, 1.82) is 0 Å². The van der Waals surface area contributed by atoms with Gasteiger partial charge in [-0.3, -0.25) is 9.59 Å². The first-order valence-corrected chi connectivity index (χ1v) is 11.0. The van der Waals surface area contributed by atoms with E-state index in [-0.39, 0.29) is 24.3 Å². The lowest BCUT2D eigenvalue weighted by Gasteiger charge is -2.20. The van der Waals surface area contributed by atoms with Crippen molar-refractivity contribution in [3.8, 4) is 0 Å². The standard InChI is InChI=1S/C27H31N3O2/c1-30(21-22-12-5-2-6-13-22)19-11-18-28-26(31)20-25(23-14-7-3-8-15-23)29-27(32)24-16-9-4-10-17-24/h2-10,12-17,25H,11,18-21H2,1H3,(H,28,31)(H,29,32)/t25-/m1/s1. The molecule has 5 nitrogen and oxygen atoms in total. The fourth-order valence-corrected chi connectivity index (χ4v) is 3.58. The van der Waals surface area contributed by atoms with Crippen molar-refractivity contribution in [3.63, 3.8) is 0 Å². The molecule has 0 aliphatic heterocycles. The first-order chi connectivity index (χ1) is 15.6. The summed E-state index contributed by atoms with van der Waals surface area (Å²) in [7, 11) is 2.08. The smallest absolute Gasteiger partial charge is 0.251 e. The number of benzene rings is 3. The molecule has 0 fully saturated rings. The maximum Gasteiger partial charge on any atom is 0.251 e. The SMILES string of the molecule is CN(CCCNC(=O)C[C@@H](NC(=O)c1ccccc1)c1ccccc1)Cc1ccccc1. The third-order valence-corrected chi connectivity index (χ3v) is 5.27. The fraction of sp³-hybridized carbons (Fsp3) is 0.259. The van der Waals surface area contributed by atoms with Crippen LogP contribution in [0.5, 0.6) is 0 Å². The Labute approximate surface area is 190 Å². The van der Waals surface area contributed by atoms with E-state index in [1.165, 1.54) is 5.56 Å². The molecule has 32 heavy (non-hydrogen) atoms. The van der Waals surface area contributed by atoms with Crippen molar-refractivity contribution in [3.05, 3.63) is 108 Å². The molecule has 0 radical (unpaired) electrons. The van der Waals surface area contributed by atoms with Gasteiger partial charge in [-0.15, -0.1) is 0 Å². The molecule has 5 heteroatoms. The first-order valence-electron chi connectivity index (χ1n) is 11.0. The second kappa shape index (κ2) is 12.4. The summed E-state index contributed by atoms with van der Waals surface area (Å²) in [6.07, 6.45) is 1.06. The molecule has 0 saturated carbocycles. The van der Waals surface area contributed by atoms with Crippen LogP contribution in [0.1, 0.15) is 40.4 Å². The average Bonchev–Trinajstić information content (AvgIpc) is 2.83. The monoisotopic (exact) mass is 429 g/mol. The van der Waals surface area contributed by atoms with Gasteiger partial charge in [-0.05, 0) is 43.3 Å². The molecule has 3 rings (SSSR count). The van der Waals surface area contributed by atoms with Crippen molar-refractivity contribution in [1.82, 2.24) is 15.5 Å². The number of nitrogens with zero attached hydrogens (tertiary/aromatic N) is 1. The Morgan fingerprint density at radius 2 is 1.44 bits per heavy atom. The molecule has 0 aliphatic rings. The Morgan fingerprint density at radius 1 is 0.844 bits per heavy atom. The molecule has 0 heterocycles. The van der Waals surface area contributed by atoms with E-state index >= 15 is 0 Å². The quantitative estimate of drug-likeness (QED) is 0.450. The number of amides is 2. The van der Waals surface area contributed by atoms with Crippen molar-refractivity contribution in [2.24, 2.45) is 0 Å². The highest BCUT2D eigenvalue weighted by Crippen LogP contribution is 2.17. The van der Waals surface area contributed by atoms with Gasteiger partial charge >= 0.3 is 0 Å². The molecular formula is C27H31N3O2. The lowest BCUT2D eigenvalue weighted by Crippen LogP contribution is -2.34. The Balaban J connectivity index is 1.47. The van der Waals surface area contributed by atoms with Gasteiger partial charge in [0.1, 0.15) is 0 Å². The second-order valence-electron chi connectivity index (χ2n) is 7.93. The largest absolute Gasteiger partial charge is 0.356 e. The van der Waals surface area contributed by atoms with Crippen LogP contribution in [-0.4, -0.2) is 36.9 Å². The van der Waals surface area contributed by atoms with E-state index < -0.39 is 0 Å². The predicted molar refractivity (Wildman–Crippen MR) is 128 cm³/mol. The van der Waals surface area contributed by atoms with E-state index in [9.17, 15) is 9.59 Å². The number of nitrogens with one attached hydrogen (secondary N) is 2. The van der Waals surface area contributed by atoms with Gasteiger partial charge in [0.05, 0.1) is 12.5 Å². The van der Waals surface area contributed by atoms with Gasteiger partial charge in [0, 0.05) is 18.7 Å². The minimum Gasteiger partial charge on any atom is -0.356 e. The zero-order valence-corrected chi connectivity index (χ0v) is 18.5. The molecule has 166 valence electrons. The summed E-state index contributed by atoms with van der Waals surface area (Å²) in [5.74, 6) is -0.257. The van der Waals surface area contributed by atoms with Gasteiger partial charge in [-0.25, -0.2) is 0 Å². The predicted octanol–water partition coefficient (Wildman–Crippen LogP) is 4.19.